The molecule has 1 aromatic rings. The van der Waals surface area contributed by atoms with Gasteiger partial charge in [-0.1, -0.05) is 26.0 Å². The summed E-state index contributed by atoms with van der Waals surface area (Å²) in [6.45, 7) is 16.3. The van der Waals surface area contributed by atoms with Crippen LogP contribution in [-0.4, -0.2) is 35.7 Å². The summed E-state index contributed by atoms with van der Waals surface area (Å²) in [4.78, 5) is 2.53. The second-order valence-electron chi connectivity index (χ2n) is 8.27. The van der Waals surface area contributed by atoms with Crippen molar-refractivity contribution >= 4 is 5.69 Å². The SMILES string of the molecule is CC1(C)CN(CC(C)(C)c2ccc(N)cc2)CC(C)(C)O1. The van der Waals surface area contributed by atoms with Crippen molar-refractivity contribution in [1.82, 2.24) is 4.90 Å². The molecule has 3 nitrogen and oxygen atoms in total. The molecule has 3 heteroatoms. The molecule has 1 fully saturated rings. The van der Waals surface area contributed by atoms with E-state index >= 15 is 0 Å². The number of rotatable bonds is 3. The van der Waals surface area contributed by atoms with Gasteiger partial charge >= 0.3 is 0 Å². The second-order valence-corrected chi connectivity index (χ2v) is 8.27. The third-order valence-corrected chi connectivity index (χ3v) is 4.07. The molecule has 1 saturated heterocycles. The third kappa shape index (κ3) is 4.21. The maximum atomic E-state index is 6.17. The van der Waals surface area contributed by atoms with Gasteiger partial charge in [-0.05, 0) is 45.4 Å². The van der Waals surface area contributed by atoms with Crippen molar-refractivity contribution in [1.29, 1.82) is 0 Å². The Morgan fingerprint density at radius 2 is 1.52 bits per heavy atom. The van der Waals surface area contributed by atoms with Crippen LogP contribution in [0.25, 0.3) is 0 Å². The van der Waals surface area contributed by atoms with Crippen molar-refractivity contribution in [2.45, 2.75) is 58.2 Å². The Morgan fingerprint density at radius 3 is 2.00 bits per heavy atom. The fourth-order valence-corrected chi connectivity index (χ4v) is 3.64. The van der Waals surface area contributed by atoms with Crippen molar-refractivity contribution in [3.05, 3.63) is 29.8 Å². The summed E-state index contributed by atoms with van der Waals surface area (Å²) in [6, 6.07) is 8.27. The quantitative estimate of drug-likeness (QED) is 0.867. The Bertz CT molecular complexity index is 472. The minimum absolute atomic E-state index is 0.0944. The number of nitrogens with two attached hydrogens (primary N) is 1. The molecule has 2 rings (SSSR count). The molecule has 0 atom stereocenters. The third-order valence-electron chi connectivity index (χ3n) is 4.07. The minimum atomic E-state index is -0.0983. The molecule has 0 aliphatic carbocycles. The van der Waals surface area contributed by atoms with Crippen LogP contribution in [-0.2, 0) is 10.2 Å². The number of nitrogens with zero attached hydrogens (tertiary/aromatic N) is 1. The molecule has 0 radical (unpaired) electrons. The number of nitrogen functional groups attached to an aromatic ring is 1. The van der Waals surface area contributed by atoms with Crippen molar-refractivity contribution in [3.8, 4) is 0 Å². The van der Waals surface area contributed by atoms with Crippen LogP contribution >= 0.6 is 0 Å². The van der Waals surface area contributed by atoms with Gasteiger partial charge in [0.1, 0.15) is 0 Å². The van der Waals surface area contributed by atoms with E-state index in [0.717, 1.165) is 25.3 Å². The lowest BCUT2D eigenvalue weighted by Gasteiger charge is -2.49. The average molecular weight is 290 g/mol. The zero-order valence-corrected chi connectivity index (χ0v) is 14.4. The zero-order valence-electron chi connectivity index (χ0n) is 14.4. The highest BCUT2D eigenvalue weighted by Crippen LogP contribution is 2.32. The van der Waals surface area contributed by atoms with Crippen LogP contribution in [0.5, 0.6) is 0 Å². The molecule has 0 unspecified atom stereocenters. The molecule has 21 heavy (non-hydrogen) atoms. The van der Waals surface area contributed by atoms with Gasteiger partial charge in [0.15, 0.2) is 0 Å². The largest absolute Gasteiger partial charge is 0.399 e. The first-order valence-electron chi connectivity index (χ1n) is 7.78. The predicted molar refractivity (Wildman–Crippen MR) is 89.6 cm³/mol. The summed E-state index contributed by atoms with van der Waals surface area (Å²) in [5, 5.41) is 0. The number of hydrogen-bond acceptors (Lipinski definition) is 3. The fraction of sp³-hybridized carbons (Fsp3) is 0.667. The van der Waals surface area contributed by atoms with E-state index in [2.05, 4.69) is 58.6 Å². The normalized spacial score (nSPS) is 22.2. The maximum Gasteiger partial charge on any atom is 0.0760 e. The zero-order chi connectivity index (χ0) is 15.9. The van der Waals surface area contributed by atoms with Gasteiger partial charge < -0.3 is 10.5 Å². The van der Waals surface area contributed by atoms with E-state index < -0.39 is 0 Å². The summed E-state index contributed by atoms with van der Waals surface area (Å²) in [6.07, 6.45) is 0. The first-order valence-corrected chi connectivity index (χ1v) is 7.78. The van der Waals surface area contributed by atoms with Crippen molar-refractivity contribution < 1.29 is 4.74 Å². The summed E-state index contributed by atoms with van der Waals surface area (Å²) < 4.78 is 6.17. The Morgan fingerprint density at radius 1 is 1.05 bits per heavy atom. The van der Waals surface area contributed by atoms with E-state index in [9.17, 15) is 0 Å². The summed E-state index contributed by atoms with van der Waals surface area (Å²) in [5.41, 5.74) is 7.85. The van der Waals surface area contributed by atoms with Gasteiger partial charge in [-0.15, -0.1) is 0 Å². The Labute approximate surface area is 129 Å². The minimum Gasteiger partial charge on any atom is -0.399 e. The van der Waals surface area contributed by atoms with Crippen LogP contribution in [0.4, 0.5) is 5.69 Å². The van der Waals surface area contributed by atoms with E-state index in [-0.39, 0.29) is 16.6 Å². The lowest BCUT2D eigenvalue weighted by Crippen LogP contribution is -2.58. The van der Waals surface area contributed by atoms with Gasteiger partial charge in [-0.3, -0.25) is 4.90 Å². The lowest BCUT2D eigenvalue weighted by molar-refractivity contribution is -0.182. The van der Waals surface area contributed by atoms with Gasteiger partial charge in [0, 0.05) is 30.7 Å². The van der Waals surface area contributed by atoms with E-state index in [1.807, 2.05) is 12.1 Å². The van der Waals surface area contributed by atoms with E-state index in [1.165, 1.54) is 5.56 Å². The van der Waals surface area contributed by atoms with Crippen LogP contribution in [0.2, 0.25) is 0 Å². The molecule has 0 saturated carbocycles. The molecule has 1 aliphatic rings. The smallest absolute Gasteiger partial charge is 0.0760 e. The van der Waals surface area contributed by atoms with E-state index in [1.54, 1.807) is 0 Å². The Hall–Kier alpha value is -1.06. The number of anilines is 1. The molecule has 2 N–H and O–H groups in total. The predicted octanol–water partition coefficient (Wildman–Crippen LogP) is 3.44. The van der Waals surface area contributed by atoms with Crippen molar-refractivity contribution in [3.63, 3.8) is 0 Å². The van der Waals surface area contributed by atoms with Crippen molar-refractivity contribution in [2.75, 3.05) is 25.4 Å². The molecule has 1 aliphatic heterocycles. The second kappa shape index (κ2) is 5.29. The monoisotopic (exact) mass is 290 g/mol. The highest BCUT2D eigenvalue weighted by Gasteiger charge is 2.39. The van der Waals surface area contributed by atoms with Crippen LogP contribution in [0.15, 0.2) is 24.3 Å². The van der Waals surface area contributed by atoms with Gasteiger partial charge in [0.05, 0.1) is 11.2 Å². The maximum absolute atomic E-state index is 6.17. The number of morpholine rings is 1. The summed E-state index contributed by atoms with van der Waals surface area (Å²) in [7, 11) is 0. The van der Waals surface area contributed by atoms with Crippen molar-refractivity contribution in [2.24, 2.45) is 0 Å². The molecule has 0 bridgehead atoms. The lowest BCUT2D eigenvalue weighted by atomic mass is 9.83. The average Bonchev–Trinajstić information content (AvgIpc) is 2.23. The highest BCUT2D eigenvalue weighted by atomic mass is 16.5. The number of ether oxygens (including phenoxy) is 1. The molecule has 0 aromatic heterocycles. The van der Waals surface area contributed by atoms with Gasteiger partial charge in [-0.2, -0.15) is 0 Å². The molecule has 0 amide bonds. The number of hydrogen-bond donors (Lipinski definition) is 1. The molecule has 0 spiro atoms. The van der Waals surface area contributed by atoms with Gasteiger partial charge in [0.25, 0.3) is 0 Å². The molecular weight excluding hydrogens is 260 g/mol. The van der Waals surface area contributed by atoms with E-state index in [0.29, 0.717) is 0 Å². The molecule has 1 aromatic carbocycles. The fourth-order valence-electron chi connectivity index (χ4n) is 3.64. The van der Waals surface area contributed by atoms with Crippen LogP contribution in [0.1, 0.15) is 47.1 Å². The van der Waals surface area contributed by atoms with Gasteiger partial charge in [-0.25, -0.2) is 0 Å². The highest BCUT2D eigenvalue weighted by molar-refractivity contribution is 5.41. The molecule has 1 heterocycles. The molecule has 118 valence electrons. The van der Waals surface area contributed by atoms with Gasteiger partial charge in [0.2, 0.25) is 0 Å². The Kier molecular flexibility index (Phi) is 4.11. The molecular formula is C18H30N2O. The summed E-state index contributed by atoms with van der Waals surface area (Å²) in [5.74, 6) is 0. The van der Waals surface area contributed by atoms with Crippen LogP contribution in [0, 0.1) is 0 Å². The first kappa shape index (κ1) is 16.3. The number of benzene rings is 1. The standard InChI is InChI=1S/C18H30N2O/c1-16(2,14-7-9-15(19)10-8-14)11-20-12-17(3,4)21-18(5,6)13-20/h7-10H,11-13,19H2,1-6H3. The van der Waals surface area contributed by atoms with E-state index in [4.69, 9.17) is 10.5 Å². The Balaban J connectivity index is 2.14. The topological polar surface area (TPSA) is 38.5 Å². The first-order chi connectivity index (χ1) is 9.49. The van der Waals surface area contributed by atoms with Crippen LogP contribution in [0.3, 0.4) is 0 Å². The summed E-state index contributed by atoms with van der Waals surface area (Å²) >= 11 is 0. The van der Waals surface area contributed by atoms with Crippen LogP contribution < -0.4 is 5.73 Å².